The molecule has 1 rings (SSSR count). The van der Waals surface area contributed by atoms with Gasteiger partial charge in [-0.15, -0.1) is 0 Å². The van der Waals surface area contributed by atoms with Crippen molar-refractivity contribution in [3.63, 3.8) is 0 Å². The molecule has 0 bridgehead atoms. The molecule has 0 saturated heterocycles. The first-order valence-electron chi connectivity index (χ1n) is 5.66. The highest BCUT2D eigenvalue weighted by molar-refractivity contribution is 7.98. The third-order valence-electron chi connectivity index (χ3n) is 2.37. The summed E-state index contributed by atoms with van der Waals surface area (Å²) in [5, 5.41) is 0. The molecule has 0 aromatic carbocycles. The van der Waals surface area contributed by atoms with Crippen molar-refractivity contribution in [2.24, 2.45) is 5.73 Å². The molecule has 6 nitrogen and oxygen atoms in total. The molecule has 0 aliphatic carbocycles. The molecule has 7 heteroatoms. The van der Waals surface area contributed by atoms with E-state index in [2.05, 4.69) is 9.47 Å². The van der Waals surface area contributed by atoms with Gasteiger partial charge in [-0.05, 0) is 24.3 Å². The van der Waals surface area contributed by atoms with Crippen molar-refractivity contribution in [3.8, 4) is 0 Å². The summed E-state index contributed by atoms with van der Waals surface area (Å²) >= 11 is 1.56. The van der Waals surface area contributed by atoms with Crippen LogP contribution in [0.1, 0.15) is 22.7 Å². The summed E-state index contributed by atoms with van der Waals surface area (Å²) in [5.74, 6) is 1.26. The maximum absolute atomic E-state index is 11.2. The van der Waals surface area contributed by atoms with E-state index in [4.69, 9.17) is 10.2 Å². The summed E-state index contributed by atoms with van der Waals surface area (Å²) in [7, 11) is 2.61. The summed E-state index contributed by atoms with van der Waals surface area (Å²) < 4.78 is 14.4. The maximum atomic E-state index is 11.2. The number of furan rings is 1. The first-order valence-corrected chi connectivity index (χ1v) is 6.82. The van der Waals surface area contributed by atoms with Gasteiger partial charge in [-0.25, -0.2) is 4.79 Å². The highest BCUT2D eigenvalue weighted by atomic mass is 32.2. The van der Waals surface area contributed by atoms with E-state index in [9.17, 15) is 9.59 Å². The third-order valence-corrected chi connectivity index (χ3v) is 3.38. The van der Waals surface area contributed by atoms with Gasteiger partial charge in [0.2, 0.25) is 5.76 Å². The summed E-state index contributed by atoms with van der Waals surface area (Å²) in [4.78, 5) is 22.2. The fraction of sp³-hybridized carbons (Fsp3) is 0.500. The number of esters is 2. The first-order chi connectivity index (χ1) is 9.08. The standard InChI is InChI=1S/C12H17NO5S/c1-16-11(14)9(13)5-6-19-7-8-3-4-10(18-8)12(15)17-2/h3-4,9H,5-7,13H2,1-2H3. The number of hydrogen-bond acceptors (Lipinski definition) is 7. The van der Waals surface area contributed by atoms with Crippen LogP contribution in [0.2, 0.25) is 0 Å². The Balaban J connectivity index is 2.28. The Morgan fingerprint density at radius 3 is 2.74 bits per heavy atom. The Morgan fingerprint density at radius 2 is 2.11 bits per heavy atom. The lowest BCUT2D eigenvalue weighted by atomic mass is 10.2. The minimum Gasteiger partial charge on any atom is -0.468 e. The molecule has 1 aromatic rings. The molecular formula is C12H17NO5S. The molecule has 0 spiro atoms. The van der Waals surface area contributed by atoms with Crippen LogP contribution in [-0.2, 0) is 20.0 Å². The predicted octanol–water partition coefficient (Wildman–Crippen LogP) is 1.19. The van der Waals surface area contributed by atoms with Gasteiger partial charge in [0.25, 0.3) is 0 Å². The zero-order valence-electron chi connectivity index (χ0n) is 10.9. The molecule has 0 saturated carbocycles. The Labute approximate surface area is 115 Å². The van der Waals surface area contributed by atoms with E-state index in [0.717, 1.165) is 0 Å². The van der Waals surface area contributed by atoms with Crippen molar-refractivity contribution in [2.45, 2.75) is 18.2 Å². The highest BCUT2D eigenvalue weighted by Crippen LogP contribution is 2.17. The Bertz CT molecular complexity index is 432. The third kappa shape index (κ3) is 4.96. The smallest absolute Gasteiger partial charge is 0.373 e. The first kappa shape index (κ1) is 15.6. The molecule has 1 aromatic heterocycles. The number of methoxy groups -OCH3 is 2. The maximum Gasteiger partial charge on any atom is 0.373 e. The Morgan fingerprint density at radius 1 is 1.37 bits per heavy atom. The molecule has 0 radical (unpaired) electrons. The minimum atomic E-state index is -0.597. The minimum absolute atomic E-state index is 0.185. The van der Waals surface area contributed by atoms with E-state index in [1.165, 1.54) is 14.2 Å². The molecule has 1 heterocycles. The van der Waals surface area contributed by atoms with Gasteiger partial charge >= 0.3 is 11.9 Å². The molecule has 2 N–H and O–H groups in total. The lowest BCUT2D eigenvalue weighted by molar-refractivity contribution is -0.142. The van der Waals surface area contributed by atoms with Crippen LogP contribution in [0.4, 0.5) is 0 Å². The van der Waals surface area contributed by atoms with Crippen molar-refractivity contribution in [2.75, 3.05) is 20.0 Å². The van der Waals surface area contributed by atoms with Crippen LogP contribution in [0.25, 0.3) is 0 Å². The number of carbonyl (C=O) groups excluding carboxylic acids is 2. The normalized spacial score (nSPS) is 11.9. The summed E-state index contributed by atoms with van der Waals surface area (Å²) in [6.07, 6.45) is 0.530. The van der Waals surface area contributed by atoms with Crippen LogP contribution >= 0.6 is 11.8 Å². The number of rotatable bonds is 7. The van der Waals surface area contributed by atoms with E-state index in [-0.39, 0.29) is 5.76 Å². The Hall–Kier alpha value is -1.47. The van der Waals surface area contributed by atoms with Crippen LogP contribution in [0, 0.1) is 0 Å². The van der Waals surface area contributed by atoms with E-state index >= 15 is 0 Å². The van der Waals surface area contributed by atoms with Crippen molar-refractivity contribution >= 4 is 23.7 Å². The van der Waals surface area contributed by atoms with Gasteiger partial charge in [-0.3, -0.25) is 4.79 Å². The van der Waals surface area contributed by atoms with Gasteiger partial charge in [-0.1, -0.05) is 0 Å². The van der Waals surface area contributed by atoms with Crippen LogP contribution in [0.15, 0.2) is 16.5 Å². The van der Waals surface area contributed by atoms with Crippen LogP contribution in [-0.4, -0.2) is 38.0 Å². The van der Waals surface area contributed by atoms with E-state index in [1.54, 1.807) is 23.9 Å². The average Bonchev–Trinajstić information content (AvgIpc) is 2.90. The second-order valence-electron chi connectivity index (χ2n) is 3.73. The van der Waals surface area contributed by atoms with Gasteiger partial charge in [0.05, 0.1) is 20.0 Å². The molecule has 106 valence electrons. The number of carbonyl (C=O) groups is 2. The highest BCUT2D eigenvalue weighted by Gasteiger charge is 2.14. The molecule has 0 aliphatic rings. The monoisotopic (exact) mass is 287 g/mol. The summed E-state index contributed by atoms with van der Waals surface area (Å²) in [5.41, 5.74) is 5.60. The molecular weight excluding hydrogens is 270 g/mol. The van der Waals surface area contributed by atoms with Gasteiger partial charge < -0.3 is 19.6 Å². The lowest BCUT2D eigenvalue weighted by Crippen LogP contribution is -2.31. The lowest BCUT2D eigenvalue weighted by Gasteiger charge is -2.07. The SMILES string of the molecule is COC(=O)c1ccc(CSCCC(N)C(=O)OC)o1. The van der Waals surface area contributed by atoms with Gasteiger partial charge in [-0.2, -0.15) is 11.8 Å². The fourth-order valence-electron chi connectivity index (χ4n) is 1.32. The average molecular weight is 287 g/mol. The van der Waals surface area contributed by atoms with Crippen molar-refractivity contribution in [3.05, 3.63) is 23.7 Å². The molecule has 1 unspecified atom stereocenters. The van der Waals surface area contributed by atoms with Gasteiger partial charge in [0.15, 0.2) is 0 Å². The molecule has 0 fully saturated rings. The fourth-order valence-corrected chi connectivity index (χ4v) is 2.24. The molecule has 0 aliphatic heterocycles. The molecule has 0 amide bonds. The van der Waals surface area contributed by atoms with E-state index < -0.39 is 18.0 Å². The summed E-state index contributed by atoms with van der Waals surface area (Å²) in [6, 6.07) is 2.70. The zero-order chi connectivity index (χ0) is 14.3. The van der Waals surface area contributed by atoms with Crippen molar-refractivity contribution < 1.29 is 23.5 Å². The van der Waals surface area contributed by atoms with Crippen molar-refractivity contribution in [1.29, 1.82) is 0 Å². The number of nitrogens with two attached hydrogens (primary N) is 1. The molecule has 19 heavy (non-hydrogen) atoms. The van der Waals surface area contributed by atoms with Gasteiger partial charge in [0, 0.05) is 0 Å². The van der Waals surface area contributed by atoms with E-state index in [0.29, 0.717) is 23.7 Å². The number of ether oxygens (including phenoxy) is 2. The quantitative estimate of drug-likeness (QED) is 0.595. The van der Waals surface area contributed by atoms with E-state index in [1.807, 2.05) is 0 Å². The second-order valence-corrected chi connectivity index (χ2v) is 4.83. The second kappa shape index (κ2) is 7.85. The Kier molecular flexibility index (Phi) is 6.44. The number of hydrogen-bond donors (Lipinski definition) is 1. The largest absolute Gasteiger partial charge is 0.468 e. The zero-order valence-corrected chi connectivity index (χ0v) is 11.7. The number of thioether (sulfide) groups is 1. The van der Waals surface area contributed by atoms with Gasteiger partial charge in [0.1, 0.15) is 11.8 Å². The van der Waals surface area contributed by atoms with Crippen LogP contribution < -0.4 is 5.73 Å². The van der Waals surface area contributed by atoms with Crippen LogP contribution in [0.3, 0.4) is 0 Å². The van der Waals surface area contributed by atoms with Crippen molar-refractivity contribution in [1.82, 2.24) is 0 Å². The predicted molar refractivity (Wildman–Crippen MR) is 70.8 cm³/mol. The van der Waals surface area contributed by atoms with Crippen LogP contribution in [0.5, 0.6) is 0 Å². The summed E-state index contributed by atoms with van der Waals surface area (Å²) in [6.45, 7) is 0. The topological polar surface area (TPSA) is 91.8 Å². The molecule has 1 atom stereocenters.